The summed E-state index contributed by atoms with van der Waals surface area (Å²) in [4.78, 5) is 29.7. The van der Waals surface area contributed by atoms with E-state index in [0.717, 1.165) is 31.5 Å². The molecule has 0 aromatic heterocycles. The van der Waals surface area contributed by atoms with Gasteiger partial charge in [0.1, 0.15) is 0 Å². The number of halogens is 1. The Labute approximate surface area is 154 Å². The molecule has 6 nitrogen and oxygen atoms in total. The summed E-state index contributed by atoms with van der Waals surface area (Å²) in [6.45, 7) is 2.13. The van der Waals surface area contributed by atoms with Crippen LogP contribution < -0.4 is 4.74 Å². The Bertz CT molecular complexity index is 643. The highest BCUT2D eigenvalue weighted by molar-refractivity contribution is 5.79. The van der Waals surface area contributed by atoms with Crippen LogP contribution in [0.3, 0.4) is 0 Å². The largest absolute Gasteiger partial charge is 0.494 e. The number of likely N-dealkylation sites (N-methyl/N-ethyl adjacent to an activating group) is 1. The number of ether oxygens (including phenoxy) is 1. The number of likely N-dealkylation sites (tertiary alicyclic amines) is 1. The lowest BCUT2D eigenvalue weighted by Crippen LogP contribution is -2.44. The number of hydrogen-bond acceptors (Lipinski definition) is 4. The predicted octanol–water partition coefficient (Wildman–Crippen LogP) is 1.59. The maximum atomic E-state index is 13.8. The topological polar surface area (TPSA) is 53.1 Å². The van der Waals surface area contributed by atoms with Crippen LogP contribution in [-0.2, 0) is 16.1 Å². The van der Waals surface area contributed by atoms with E-state index in [9.17, 15) is 14.0 Å². The van der Waals surface area contributed by atoms with Crippen LogP contribution >= 0.6 is 0 Å². The monoisotopic (exact) mass is 365 g/mol. The van der Waals surface area contributed by atoms with Gasteiger partial charge >= 0.3 is 0 Å². The van der Waals surface area contributed by atoms with Crippen LogP contribution in [0.4, 0.5) is 4.39 Å². The highest BCUT2D eigenvalue weighted by Gasteiger charge is 2.27. The summed E-state index contributed by atoms with van der Waals surface area (Å²) in [7, 11) is 6.68. The molecule has 0 atom stereocenters. The highest BCUT2D eigenvalue weighted by atomic mass is 19.1. The molecule has 1 aliphatic rings. The third kappa shape index (κ3) is 5.17. The SMILES string of the molecule is COc1ccc(CN(C)C(=O)CN2CCC(C(=O)N(C)C)CC2)cc1F. The van der Waals surface area contributed by atoms with Crippen LogP contribution in [-0.4, -0.2) is 74.4 Å². The molecular weight excluding hydrogens is 337 g/mol. The molecule has 144 valence electrons. The molecule has 26 heavy (non-hydrogen) atoms. The molecule has 0 N–H and O–H groups in total. The summed E-state index contributed by atoms with van der Waals surface area (Å²) < 4.78 is 18.7. The van der Waals surface area contributed by atoms with E-state index >= 15 is 0 Å². The second-order valence-corrected chi connectivity index (χ2v) is 7.00. The first kappa shape index (κ1) is 20.2. The van der Waals surface area contributed by atoms with Crippen LogP contribution in [0.5, 0.6) is 5.75 Å². The van der Waals surface area contributed by atoms with Crippen LogP contribution in [0, 0.1) is 11.7 Å². The number of carbonyl (C=O) groups excluding carboxylic acids is 2. The Hall–Kier alpha value is -2.15. The summed E-state index contributed by atoms with van der Waals surface area (Å²) in [6, 6.07) is 4.71. The van der Waals surface area contributed by atoms with Gasteiger partial charge in [0.15, 0.2) is 11.6 Å². The van der Waals surface area contributed by atoms with E-state index in [4.69, 9.17) is 4.74 Å². The molecule has 1 fully saturated rings. The first-order valence-electron chi connectivity index (χ1n) is 8.81. The summed E-state index contributed by atoms with van der Waals surface area (Å²) in [5.41, 5.74) is 0.717. The van der Waals surface area contributed by atoms with Crippen LogP contribution in [0.25, 0.3) is 0 Å². The minimum absolute atomic E-state index is 0.0152. The van der Waals surface area contributed by atoms with Crippen molar-refractivity contribution in [2.75, 3.05) is 47.9 Å². The molecule has 2 rings (SSSR count). The molecule has 0 saturated carbocycles. The number of benzene rings is 1. The highest BCUT2D eigenvalue weighted by Crippen LogP contribution is 2.20. The summed E-state index contributed by atoms with van der Waals surface area (Å²) in [5.74, 6) is -0.0408. The Morgan fingerprint density at radius 3 is 2.42 bits per heavy atom. The van der Waals surface area contributed by atoms with Gasteiger partial charge in [0.25, 0.3) is 0 Å². The van der Waals surface area contributed by atoms with Crippen LogP contribution in [0.1, 0.15) is 18.4 Å². The molecule has 1 aliphatic heterocycles. The predicted molar refractivity (Wildman–Crippen MR) is 97.3 cm³/mol. The fraction of sp³-hybridized carbons (Fsp3) is 0.579. The van der Waals surface area contributed by atoms with Crippen LogP contribution in [0.2, 0.25) is 0 Å². The molecule has 1 aromatic rings. The van der Waals surface area contributed by atoms with Gasteiger partial charge in [0, 0.05) is 33.6 Å². The second kappa shape index (κ2) is 8.98. The van der Waals surface area contributed by atoms with Gasteiger partial charge in [0.2, 0.25) is 11.8 Å². The summed E-state index contributed by atoms with van der Waals surface area (Å²) in [6.07, 6.45) is 1.55. The van der Waals surface area contributed by atoms with E-state index in [1.165, 1.54) is 13.2 Å². The van der Waals surface area contributed by atoms with Crippen molar-refractivity contribution >= 4 is 11.8 Å². The second-order valence-electron chi connectivity index (χ2n) is 7.00. The van der Waals surface area contributed by atoms with Crippen molar-refractivity contribution < 1.29 is 18.7 Å². The van der Waals surface area contributed by atoms with Crippen molar-refractivity contribution in [2.24, 2.45) is 5.92 Å². The Kier molecular flexibility index (Phi) is 6.97. The number of methoxy groups -OCH3 is 1. The van der Waals surface area contributed by atoms with Crippen molar-refractivity contribution in [1.29, 1.82) is 0 Å². The Morgan fingerprint density at radius 1 is 1.23 bits per heavy atom. The lowest BCUT2D eigenvalue weighted by Gasteiger charge is -2.32. The van der Waals surface area contributed by atoms with Crippen LogP contribution in [0.15, 0.2) is 18.2 Å². The maximum absolute atomic E-state index is 13.8. The molecular formula is C19H28FN3O3. The van der Waals surface area contributed by atoms with Crippen molar-refractivity contribution in [1.82, 2.24) is 14.7 Å². The minimum atomic E-state index is -0.432. The number of nitrogens with zero attached hydrogens (tertiary/aromatic N) is 3. The van der Waals surface area contributed by atoms with Crippen molar-refractivity contribution in [2.45, 2.75) is 19.4 Å². The van der Waals surface area contributed by atoms with E-state index < -0.39 is 5.82 Å². The van der Waals surface area contributed by atoms with E-state index in [1.54, 1.807) is 43.1 Å². The maximum Gasteiger partial charge on any atom is 0.236 e. The summed E-state index contributed by atoms with van der Waals surface area (Å²) in [5, 5.41) is 0. The van der Waals surface area contributed by atoms with Gasteiger partial charge in [0.05, 0.1) is 13.7 Å². The zero-order chi connectivity index (χ0) is 19.3. The van der Waals surface area contributed by atoms with Gasteiger partial charge < -0.3 is 14.5 Å². The van der Waals surface area contributed by atoms with Gasteiger partial charge in [-0.2, -0.15) is 0 Å². The first-order valence-corrected chi connectivity index (χ1v) is 8.81. The van der Waals surface area contributed by atoms with E-state index in [1.807, 2.05) is 0 Å². The zero-order valence-electron chi connectivity index (χ0n) is 16.0. The molecule has 0 aliphatic carbocycles. The minimum Gasteiger partial charge on any atom is -0.494 e. The average Bonchev–Trinajstić information content (AvgIpc) is 2.61. The quantitative estimate of drug-likeness (QED) is 0.768. The Morgan fingerprint density at radius 2 is 1.88 bits per heavy atom. The number of piperidine rings is 1. The van der Waals surface area contributed by atoms with Gasteiger partial charge in [-0.3, -0.25) is 14.5 Å². The van der Waals surface area contributed by atoms with Gasteiger partial charge in [-0.1, -0.05) is 6.07 Å². The fourth-order valence-electron chi connectivity index (χ4n) is 3.19. The standard InChI is InChI=1S/C19H28FN3O3/c1-21(2)19(25)15-7-9-23(10-8-15)13-18(24)22(3)12-14-5-6-17(26-4)16(20)11-14/h5-6,11,15H,7-10,12-13H2,1-4H3. The summed E-state index contributed by atoms with van der Waals surface area (Å²) >= 11 is 0. The molecule has 0 spiro atoms. The lowest BCUT2D eigenvalue weighted by atomic mass is 9.95. The van der Waals surface area contributed by atoms with Crippen molar-refractivity contribution in [3.05, 3.63) is 29.6 Å². The smallest absolute Gasteiger partial charge is 0.236 e. The normalized spacial score (nSPS) is 15.6. The van der Waals surface area contributed by atoms with Gasteiger partial charge in [-0.15, -0.1) is 0 Å². The number of rotatable bonds is 6. The lowest BCUT2D eigenvalue weighted by molar-refractivity contribution is -0.135. The first-order chi connectivity index (χ1) is 12.3. The van der Waals surface area contributed by atoms with E-state index in [0.29, 0.717) is 13.1 Å². The molecule has 1 heterocycles. The molecule has 0 bridgehead atoms. The third-order valence-corrected chi connectivity index (χ3v) is 4.80. The van der Waals surface area contributed by atoms with Gasteiger partial charge in [-0.25, -0.2) is 4.39 Å². The Balaban J connectivity index is 1.82. The fourth-order valence-corrected chi connectivity index (χ4v) is 3.19. The van der Waals surface area contributed by atoms with E-state index in [2.05, 4.69) is 4.90 Å². The van der Waals surface area contributed by atoms with E-state index in [-0.39, 0.29) is 23.5 Å². The third-order valence-electron chi connectivity index (χ3n) is 4.80. The number of hydrogen-bond donors (Lipinski definition) is 0. The average molecular weight is 365 g/mol. The zero-order valence-corrected chi connectivity index (χ0v) is 16.0. The molecule has 1 saturated heterocycles. The molecule has 0 unspecified atom stereocenters. The van der Waals surface area contributed by atoms with Gasteiger partial charge in [-0.05, 0) is 43.6 Å². The molecule has 2 amide bonds. The van der Waals surface area contributed by atoms with Crippen molar-refractivity contribution in [3.8, 4) is 5.75 Å². The molecule has 1 aromatic carbocycles. The molecule has 0 radical (unpaired) electrons. The molecule has 7 heteroatoms. The number of amides is 2. The van der Waals surface area contributed by atoms with Crippen molar-refractivity contribution in [3.63, 3.8) is 0 Å². The number of carbonyl (C=O) groups is 2.